The molecule has 1 aromatic carbocycles. The molecule has 0 atom stereocenters. The second-order valence-electron chi connectivity index (χ2n) is 3.12. The monoisotopic (exact) mass is 176 g/mol. The standard InChI is InChI=1S/C12H16O/c1-5-10-11(9(2)3)7-6-8-12(10)13-4/h6-8H,2,5H2,1,3-4H3. The van der Waals surface area contributed by atoms with Crippen LogP contribution in [0.4, 0.5) is 0 Å². The molecule has 1 aromatic rings. The van der Waals surface area contributed by atoms with Gasteiger partial charge >= 0.3 is 0 Å². The first kappa shape index (κ1) is 9.85. The Labute approximate surface area is 80.0 Å². The molecule has 0 heterocycles. The van der Waals surface area contributed by atoms with Gasteiger partial charge in [-0.3, -0.25) is 0 Å². The highest BCUT2D eigenvalue weighted by molar-refractivity contribution is 5.67. The van der Waals surface area contributed by atoms with Crippen molar-refractivity contribution in [2.75, 3.05) is 7.11 Å². The third kappa shape index (κ3) is 1.92. The van der Waals surface area contributed by atoms with Crippen molar-refractivity contribution in [2.45, 2.75) is 20.3 Å². The molecule has 1 rings (SSSR count). The lowest BCUT2D eigenvalue weighted by atomic mass is 9.99. The number of methoxy groups -OCH3 is 1. The van der Waals surface area contributed by atoms with Crippen LogP contribution in [-0.2, 0) is 6.42 Å². The average Bonchev–Trinajstić information content (AvgIpc) is 2.16. The van der Waals surface area contributed by atoms with Gasteiger partial charge in [-0.05, 0) is 25.0 Å². The van der Waals surface area contributed by atoms with E-state index >= 15 is 0 Å². The number of benzene rings is 1. The van der Waals surface area contributed by atoms with Crippen LogP contribution in [0.25, 0.3) is 5.57 Å². The van der Waals surface area contributed by atoms with Gasteiger partial charge in [0.15, 0.2) is 0 Å². The molecule has 0 aliphatic rings. The Hall–Kier alpha value is -1.24. The fraction of sp³-hybridized carbons (Fsp3) is 0.333. The van der Waals surface area contributed by atoms with E-state index in [1.54, 1.807) is 7.11 Å². The van der Waals surface area contributed by atoms with Crippen LogP contribution in [-0.4, -0.2) is 7.11 Å². The minimum Gasteiger partial charge on any atom is -0.496 e. The molecule has 0 saturated carbocycles. The number of hydrogen-bond donors (Lipinski definition) is 0. The van der Waals surface area contributed by atoms with Crippen molar-refractivity contribution < 1.29 is 4.74 Å². The summed E-state index contributed by atoms with van der Waals surface area (Å²) in [4.78, 5) is 0. The lowest BCUT2D eigenvalue weighted by molar-refractivity contribution is 0.410. The van der Waals surface area contributed by atoms with Crippen molar-refractivity contribution in [2.24, 2.45) is 0 Å². The third-order valence-corrected chi connectivity index (χ3v) is 2.17. The van der Waals surface area contributed by atoms with Crippen LogP contribution in [0.15, 0.2) is 24.8 Å². The van der Waals surface area contributed by atoms with Crippen LogP contribution in [0.2, 0.25) is 0 Å². The highest BCUT2D eigenvalue weighted by Crippen LogP contribution is 2.26. The highest BCUT2D eigenvalue weighted by Gasteiger charge is 2.06. The number of rotatable bonds is 3. The van der Waals surface area contributed by atoms with Crippen LogP contribution < -0.4 is 4.74 Å². The second kappa shape index (κ2) is 4.13. The molecule has 1 nitrogen and oxygen atoms in total. The van der Waals surface area contributed by atoms with E-state index in [4.69, 9.17) is 4.74 Å². The summed E-state index contributed by atoms with van der Waals surface area (Å²) in [6.45, 7) is 8.10. The van der Waals surface area contributed by atoms with Crippen LogP contribution in [0.1, 0.15) is 25.0 Å². The quantitative estimate of drug-likeness (QED) is 0.686. The molecule has 0 saturated heterocycles. The van der Waals surface area contributed by atoms with Crippen molar-refractivity contribution in [3.8, 4) is 5.75 Å². The van der Waals surface area contributed by atoms with Crippen molar-refractivity contribution in [1.29, 1.82) is 0 Å². The minimum absolute atomic E-state index is 0.961. The summed E-state index contributed by atoms with van der Waals surface area (Å²) in [5, 5.41) is 0. The Morgan fingerprint density at radius 3 is 2.62 bits per heavy atom. The van der Waals surface area contributed by atoms with Gasteiger partial charge in [0.1, 0.15) is 5.75 Å². The zero-order chi connectivity index (χ0) is 9.84. The molecule has 0 spiro atoms. The lowest BCUT2D eigenvalue weighted by Crippen LogP contribution is -1.94. The second-order valence-corrected chi connectivity index (χ2v) is 3.12. The van der Waals surface area contributed by atoms with Gasteiger partial charge in [0.2, 0.25) is 0 Å². The predicted molar refractivity (Wildman–Crippen MR) is 57.1 cm³/mol. The van der Waals surface area contributed by atoms with Crippen molar-refractivity contribution in [3.05, 3.63) is 35.9 Å². The Bertz CT molecular complexity index is 313. The maximum atomic E-state index is 5.29. The van der Waals surface area contributed by atoms with E-state index in [-0.39, 0.29) is 0 Å². The zero-order valence-electron chi connectivity index (χ0n) is 8.55. The Morgan fingerprint density at radius 2 is 2.15 bits per heavy atom. The van der Waals surface area contributed by atoms with E-state index in [2.05, 4.69) is 19.6 Å². The molecular weight excluding hydrogens is 160 g/mol. The molecule has 0 amide bonds. The van der Waals surface area contributed by atoms with Gasteiger partial charge in [-0.15, -0.1) is 0 Å². The summed E-state index contributed by atoms with van der Waals surface area (Å²) < 4.78 is 5.29. The first-order valence-electron chi connectivity index (χ1n) is 4.52. The molecule has 0 N–H and O–H groups in total. The summed E-state index contributed by atoms with van der Waals surface area (Å²) in [6.07, 6.45) is 0.978. The van der Waals surface area contributed by atoms with E-state index in [1.165, 1.54) is 11.1 Å². The molecule has 1 heteroatoms. The van der Waals surface area contributed by atoms with Crippen LogP contribution in [0.5, 0.6) is 5.75 Å². The van der Waals surface area contributed by atoms with E-state index in [9.17, 15) is 0 Å². The molecular formula is C12H16O. The topological polar surface area (TPSA) is 9.23 Å². The number of allylic oxidation sites excluding steroid dienone is 1. The minimum atomic E-state index is 0.961. The largest absolute Gasteiger partial charge is 0.496 e. The smallest absolute Gasteiger partial charge is 0.122 e. The predicted octanol–water partition coefficient (Wildman–Crippen LogP) is 3.29. The van der Waals surface area contributed by atoms with E-state index in [1.807, 2.05) is 19.1 Å². The fourth-order valence-electron chi connectivity index (χ4n) is 1.52. The molecule has 0 aliphatic heterocycles. The van der Waals surface area contributed by atoms with Crippen molar-refractivity contribution >= 4 is 5.57 Å². The fourth-order valence-corrected chi connectivity index (χ4v) is 1.52. The maximum Gasteiger partial charge on any atom is 0.122 e. The Balaban J connectivity index is 3.27. The molecule has 70 valence electrons. The van der Waals surface area contributed by atoms with Gasteiger partial charge in [0.25, 0.3) is 0 Å². The van der Waals surface area contributed by atoms with Gasteiger partial charge in [0.05, 0.1) is 7.11 Å². The van der Waals surface area contributed by atoms with Gasteiger partial charge in [-0.2, -0.15) is 0 Å². The molecule has 0 fully saturated rings. The first-order valence-corrected chi connectivity index (χ1v) is 4.52. The summed E-state index contributed by atoms with van der Waals surface area (Å²) in [6, 6.07) is 6.08. The van der Waals surface area contributed by atoms with E-state index in [0.29, 0.717) is 0 Å². The third-order valence-electron chi connectivity index (χ3n) is 2.17. The lowest BCUT2D eigenvalue weighted by Gasteiger charge is -2.11. The van der Waals surface area contributed by atoms with E-state index in [0.717, 1.165) is 17.7 Å². The number of ether oxygens (including phenoxy) is 1. The molecule has 0 aromatic heterocycles. The summed E-state index contributed by atoms with van der Waals surface area (Å²) in [5.74, 6) is 0.961. The molecule has 13 heavy (non-hydrogen) atoms. The molecule has 0 bridgehead atoms. The first-order chi connectivity index (χ1) is 6.20. The summed E-state index contributed by atoms with van der Waals surface area (Å²) in [7, 11) is 1.71. The van der Waals surface area contributed by atoms with Crippen LogP contribution >= 0.6 is 0 Å². The van der Waals surface area contributed by atoms with Gasteiger partial charge in [-0.1, -0.05) is 31.2 Å². The summed E-state index contributed by atoms with van der Waals surface area (Å²) >= 11 is 0. The van der Waals surface area contributed by atoms with Gasteiger partial charge < -0.3 is 4.74 Å². The zero-order valence-corrected chi connectivity index (χ0v) is 8.55. The molecule has 0 radical (unpaired) electrons. The van der Waals surface area contributed by atoms with Crippen molar-refractivity contribution in [3.63, 3.8) is 0 Å². The Kier molecular flexibility index (Phi) is 3.13. The van der Waals surface area contributed by atoms with Gasteiger partial charge in [0, 0.05) is 5.56 Å². The van der Waals surface area contributed by atoms with Crippen LogP contribution in [0.3, 0.4) is 0 Å². The summed E-state index contributed by atoms with van der Waals surface area (Å²) in [5.41, 5.74) is 3.55. The van der Waals surface area contributed by atoms with E-state index < -0.39 is 0 Å². The highest BCUT2D eigenvalue weighted by atomic mass is 16.5. The molecule has 0 aliphatic carbocycles. The average molecular weight is 176 g/mol. The Morgan fingerprint density at radius 1 is 1.46 bits per heavy atom. The normalized spacial score (nSPS) is 9.77. The van der Waals surface area contributed by atoms with Gasteiger partial charge in [-0.25, -0.2) is 0 Å². The maximum absolute atomic E-state index is 5.29. The SMILES string of the molecule is C=C(C)c1cccc(OC)c1CC. The molecule has 0 unspecified atom stereocenters. The number of hydrogen-bond acceptors (Lipinski definition) is 1. The van der Waals surface area contributed by atoms with Crippen molar-refractivity contribution in [1.82, 2.24) is 0 Å². The van der Waals surface area contributed by atoms with Crippen LogP contribution in [0, 0.1) is 0 Å².